The van der Waals surface area contributed by atoms with Gasteiger partial charge in [0, 0.05) is 6.42 Å². The molecule has 3 nitrogen and oxygen atoms in total. The lowest BCUT2D eigenvalue weighted by Gasteiger charge is -2.73. The molecule has 8 aliphatic rings. The monoisotopic (exact) mass is 318 g/mol. The minimum atomic E-state index is -0.625. The molecule has 3 heteroatoms. The Labute approximate surface area is 138 Å². The molecule has 4 atom stereocenters. The fourth-order valence-electron chi connectivity index (χ4n) is 9.76. The molecule has 8 saturated carbocycles. The summed E-state index contributed by atoms with van der Waals surface area (Å²) >= 11 is 0. The van der Waals surface area contributed by atoms with Gasteiger partial charge in [0.1, 0.15) is 0 Å². The minimum absolute atomic E-state index is 0.0989. The molecule has 0 aliphatic heterocycles. The Balaban J connectivity index is 1.48. The third kappa shape index (κ3) is 1.67. The van der Waals surface area contributed by atoms with Crippen LogP contribution in [0.15, 0.2) is 0 Å². The molecule has 0 spiro atoms. The van der Waals surface area contributed by atoms with E-state index in [1.54, 1.807) is 0 Å². The molecule has 0 aromatic rings. The van der Waals surface area contributed by atoms with E-state index in [1.165, 1.54) is 25.7 Å². The second-order valence-electron chi connectivity index (χ2n) is 11.2. The van der Waals surface area contributed by atoms with Crippen molar-refractivity contribution in [3.05, 3.63) is 0 Å². The van der Waals surface area contributed by atoms with Crippen LogP contribution >= 0.6 is 0 Å². The molecule has 23 heavy (non-hydrogen) atoms. The maximum Gasteiger partial charge on any atom is 0.0683 e. The van der Waals surface area contributed by atoms with Gasteiger partial charge in [-0.3, -0.25) is 0 Å². The molecule has 8 aliphatic carbocycles. The first kappa shape index (κ1) is 14.1. The summed E-state index contributed by atoms with van der Waals surface area (Å²) in [5.74, 6) is 1.89. The topological polar surface area (TPSA) is 60.7 Å². The van der Waals surface area contributed by atoms with Crippen LogP contribution in [0.2, 0.25) is 0 Å². The summed E-state index contributed by atoms with van der Waals surface area (Å²) in [4.78, 5) is 0. The third-order valence-electron chi connectivity index (χ3n) is 9.16. The lowest BCUT2D eigenvalue weighted by molar-refractivity contribution is -0.295. The van der Waals surface area contributed by atoms with E-state index in [-0.39, 0.29) is 10.8 Å². The summed E-state index contributed by atoms with van der Waals surface area (Å²) in [6.45, 7) is 0. The molecule has 0 aromatic heterocycles. The number of hydrogen-bond donors (Lipinski definition) is 3. The zero-order valence-electron chi connectivity index (χ0n) is 14.1. The van der Waals surface area contributed by atoms with Crippen molar-refractivity contribution in [2.24, 2.45) is 28.6 Å². The van der Waals surface area contributed by atoms with Crippen LogP contribution in [0.1, 0.15) is 77.0 Å². The third-order valence-corrected chi connectivity index (χ3v) is 9.16. The van der Waals surface area contributed by atoms with Crippen molar-refractivity contribution >= 4 is 0 Å². The quantitative estimate of drug-likeness (QED) is 0.697. The molecule has 4 unspecified atom stereocenters. The van der Waals surface area contributed by atoms with Gasteiger partial charge in [-0.05, 0) is 99.2 Å². The lowest BCUT2D eigenvalue weighted by Crippen LogP contribution is -2.70. The maximum atomic E-state index is 11.2. The van der Waals surface area contributed by atoms with Crippen LogP contribution in [0.5, 0.6) is 0 Å². The zero-order chi connectivity index (χ0) is 15.7. The summed E-state index contributed by atoms with van der Waals surface area (Å²) in [5.41, 5.74) is -1.38. The van der Waals surface area contributed by atoms with Crippen molar-refractivity contribution in [2.45, 2.75) is 93.9 Å². The van der Waals surface area contributed by atoms with Gasteiger partial charge in [0.25, 0.3) is 0 Å². The normalized spacial score (nSPS) is 68.7. The Kier molecular flexibility index (Phi) is 2.26. The molecule has 128 valence electrons. The van der Waals surface area contributed by atoms with Gasteiger partial charge in [-0.2, -0.15) is 0 Å². The molecule has 0 heterocycles. The van der Waals surface area contributed by atoms with Crippen molar-refractivity contribution in [3.63, 3.8) is 0 Å². The number of aliphatic hydroxyl groups is 3. The Morgan fingerprint density at radius 2 is 0.957 bits per heavy atom. The van der Waals surface area contributed by atoms with Crippen molar-refractivity contribution in [2.75, 3.05) is 0 Å². The van der Waals surface area contributed by atoms with Gasteiger partial charge in [0.2, 0.25) is 0 Å². The summed E-state index contributed by atoms with van der Waals surface area (Å²) < 4.78 is 0. The number of hydrogen-bond acceptors (Lipinski definition) is 3. The second-order valence-corrected chi connectivity index (χ2v) is 11.2. The highest BCUT2D eigenvalue weighted by molar-refractivity contribution is 5.22. The molecular weight excluding hydrogens is 288 g/mol. The van der Waals surface area contributed by atoms with Gasteiger partial charge in [0.15, 0.2) is 0 Å². The Bertz CT molecular complexity index is 551. The summed E-state index contributed by atoms with van der Waals surface area (Å²) in [7, 11) is 0. The Hall–Kier alpha value is -0.120. The van der Waals surface area contributed by atoms with E-state index in [4.69, 9.17) is 0 Å². The molecule has 0 amide bonds. The molecule has 8 rings (SSSR count). The van der Waals surface area contributed by atoms with Crippen LogP contribution in [0.25, 0.3) is 0 Å². The van der Waals surface area contributed by atoms with Crippen LogP contribution in [-0.2, 0) is 0 Å². The SMILES string of the molecule is OC12CC3CC(C1)CC(C14CC5CC(O)(CC(O)(C5)C1)C4)(C3)C2. The highest BCUT2D eigenvalue weighted by Crippen LogP contribution is 2.76. The van der Waals surface area contributed by atoms with Gasteiger partial charge in [-0.1, -0.05) is 0 Å². The Morgan fingerprint density at radius 1 is 0.478 bits per heavy atom. The van der Waals surface area contributed by atoms with Crippen LogP contribution < -0.4 is 0 Å². The molecule has 8 bridgehead atoms. The van der Waals surface area contributed by atoms with Crippen LogP contribution in [-0.4, -0.2) is 32.1 Å². The summed E-state index contributed by atoms with van der Waals surface area (Å²) in [5, 5.41) is 33.5. The smallest absolute Gasteiger partial charge is 0.0683 e. The lowest BCUT2D eigenvalue weighted by atomic mass is 9.33. The van der Waals surface area contributed by atoms with Crippen molar-refractivity contribution in [1.82, 2.24) is 0 Å². The highest BCUT2D eigenvalue weighted by Gasteiger charge is 2.72. The molecule has 8 fully saturated rings. The molecule has 0 saturated heterocycles. The molecular formula is C20H30O3. The predicted octanol–water partition coefficient (Wildman–Crippen LogP) is 2.76. The first-order valence-corrected chi connectivity index (χ1v) is 9.90. The average molecular weight is 318 g/mol. The molecule has 0 radical (unpaired) electrons. The summed E-state index contributed by atoms with van der Waals surface area (Å²) in [6.07, 6.45) is 12.2. The van der Waals surface area contributed by atoms with Gasteiger partial charge >= 0.3 is 0 Å². The van der Waals surface area contributed by atoms with Gasteiger partial charge in [0.05, 0.1) is 16.8 Å². The van der Waals surface area contributed by atoms with Crippen LogP contribution in [0.3, 0.4) is 0 Å². The zero-order valence-corrected chi connectivity index (χ0v) is 14.1. The van der Waals surface area contributed by atoms with E-state index in [0.717, 1.165) is 44.9 Å². The van der Waals surface area contributed by atoms with E-state index in [0.29, 0.717) is 24.2 Å². The van der Waals surface area contributed by atoms with E-state index in [1.807, 2.05) is 0 Å². The minimum Gasteiger partial charge on any atom is -0.390 e. The molecule has 0 aromatic carbocycles. The average Bonchev–Trinajstić information content (AvgIpc) is 2.30. The first-order valence-electron chi connectivity index (χ1n) is 9.90. The Morgan fingerprint density at radius 3 is 1.48 bits per heavy atom. The van der Waals surface area contributed by atoms with Crippen LogP contribution in [0, 0.1) is 28.6 Å². The second kappa shape index (κ2) is 3.68. The summed E-state index contributed by atoms with van der Waals surface area (Å²) in [6, 6.07) is 0. The van der Waals surface area contributed by atoms with Gasteiger partial charge in [-0.25, -0.2) is 0 Å². The largest absolute Gasteiger partial charge is 0.390 e. The van der Waals surface area contributed by atoms with Crippen molar-refractivity contribution < 1.29 is 15.3 Å². The molecule has 3 N–H and O–H groups in total. The van der Waals surface area contributed by atoms with E-state index in [2.05, 4.69) is 0 Å². The standard InChI is InChI=1S/C20H30O3/c21-18-5-13-1-14(6-18)3-16(2-13,9-18)17-4-15-7-19(22,10-17)12-20(23,8-15)11-17/h13-15,21-23H,1-12H2. The first-order chi connectivity index (χ1) is 10.7. The fourth-order valence-corrected chi connectivity index (χ4v) is 9.76. The predicted molar refractivity (Wildman–Crippen MR) is 85.6 cm³/mol. The van der Waals surface area contributed by atoms with Gasteiger partial charge in [-0.15, -0.1) is 0 Å². The van der Waals surface area contributed by atoms with Gasteiger partial charge < -0.3 is 15.3 Å². The van der Waals surface area contributed by atoms with E-state index < -0.39 is 16.8 Å². The van der Waals surface area contributed by atoms with Crippen molar-refractivity contribution in [1.29, 1.82) is 0 Å². The highest BCUT2D eigenvalue weighted by atomic mass is 16.3. The van der Waals surface area contributed by atoms with Crippen molar-refractivity contribution in [3.8, 4) is 0 Å². The van der Waals surface area contributed by atoms with E-state index in [9.17, 15) is 15.3 Å². The fraction of sp³-hybridized carbons (Fsp3) is 1.00. The van der Waals surface area contributed by atoms with Crippen LogP contribution in [0.4, 0.5) is 0 Å². The maximum absolute atomic E-state index is 11.2. The van der Waals surface area contributed by atoms with E-state index >= 15 is 0 Å². The number of rotatable bonds is 1.